The van der Waals surface area contributed by atoms with Gasteiger partial charge in [0, 0.05) is 19.3 Å². The molecular weight excluding hydrogens is 486 g/mol. The van der Waals surface area contributed by atoms with Gasteiger partial charge in [0.05, 0.1) is 34.4 Å². The first kappa shape index (κ1) is 35.5. The molecule has 0 saturated heterocycles. The zero-order chi connectivity index (χ0) is 28.7. The highest BCUT2D eigenvalue weighted by Crippen LogP contribution is 2.10. The molecule has 0 rings (SSSR count). The van der Waals surface area contributed by atoms with E-state index in [2.05, 4.69) is 32.1 Å². The van der Waals surface area contributed by atoms with Crippen molar-refractivity contribution in [3.63, 3.8) is 0 Å². The topological polar surface area (TPSA) is 99.1 Å². The van der Waals surface area contributed by atoms with Gasteiger partial charge in [-0.05, 0) is 38.5 Å². The first-order chi connectivity index (χ1) is 18.1. The Hall–Kier alpha value is -2.45. The lowest BCUT2D eigenvalue weighted by atomic mass is 10.1. The summed E-state index contributed by atoms with van der Waals surface area (Å²) in [6, 6.07) is -0.622. The molecule has 8 nitrogen and oxygen atoms in total. The number of carbonyl (C=O) groups is 3. The fourth-order valence-corrected chi connectivity index (χ4v) is 3.58. The third kappa shape index (κ3) is 20.6. The van der Waals surface area contributed by atoms with Crippen molar-refractivity contribution in [3.05, 3.63) is 36.5 Å². The minimum atomic E-state index is -0.892. The van der Waals surface area contributed by atoms with Gasteiger partial charge in [-0.3, -0.25) is 9.59 Å². The minimum absolute atomic E-state index is 0.0268. The Kier molecular flexibility index (Phi) is 21.1. The van der Waals surface area contributed by atoms with Crippen LogP contribution in [0.3, 0.4) is 0 Å². The van der Waals surface area contributed by atoms with Crippen LogP contribution in [0.2, 0.25) is 0 Å². The standard InChI is InChI=1S/C30H51NO7/c1-6-8-10-12-14-16-18-20-28(32)37-25-26(24-36-23-22-27(30(34)35)31(3,4)5)38-29(33)21-19-17-15-13-11-9-7-2/h8,10,14-17,26-27H,6-7,9,11-13,18-25H2,1-5H3/p+1/b10-8+,16-14+,17-15+. The molecule has 0 radical (unpaired) electrons. The molecule has 0 fully saturated rings. The Bertz CT molecular complexity index is 737. The van der Waals surface area contributed by atoms with Gasteiger partial charge in [0.2, 0.25) is 0 Å². The number of hydrogen-bond acceptors (Lipinski definition) is 6. The van der Waals surface area contributed by atoms with Crippen molar-refractivity contribution >= 4 is 17.9 Å². The van der Waals surface area contributed by atoms with Gasteiger partial charge in [0.25, 0.3) is 0 Å². The van der Waals surface area contributed by atoms with E-state index >= 15 is 0 Å². The lowest BCUT2D eigenvalue weighted by Gasteiger charge is -2.31. The monoisotopic (exact) mass is 538 g/mol. The summed E-state index contributed by atoms with van der Waals surface area (Å²) in [6.07, 6.45) is 19.8. The molecule has 0 aliphatic carbocycles. The van der Waals surface area contributed by atoms with Crippen LogP contribution in [0, 0.1) is 0 Å². The Morgan fingerprint density at radius 2 is 1.45 bits per heavy atom. The maximum Gasteiger partial charge on any atom is 0.362 e. The summed E-state index contributed by atoms with van der Waals surface area (Å²) in [5.41, 5.74) is 0. The Balaban J connectivity index is 4.70. The van der Waals surface area contributed by atoms with Crippen molar-refractivity contribution in [2.45, 2.75) is 96.6 Å². The maximum absolute atomic E-state index is 12.4. The van der Waals surface area contributed by atoms with Gasteiger partial charge in [0.1, 0.15) is 6.61 Å². The molecule has 0 heterocycles. The molecular formula is C30H52NO7+. The molecule has 0 aromatic heterocycles. The van der Waals surface area contributed by atoms with E-state index in [1.54, 1.807) is 0 Å². The van der Waals surface area contributed by atoms with E-state index in [0.717, 1.165) is 25.7 Å². The quantitative estimate of drug-likeness (QED) is 0.0780. The van der Waals surface area contributed by atoms with Crippen molar-refractivity contribution in [2.24, 2.45) is 0 Å². The summed E-state index contributed by atoms with van der Waals surface area (Å²) >= 11 is 0. The highest BCUT2D eigenvalue weighted by molar-refractivity contribution is 5.72. The average molecular weight is 539 g/mol. The number of quaternary nitrogens is 1. The second-order valence-corrected chi connectivity index (χ2v) is 10.3. The van der Waals surface area contributed by atoms with Gasteiger partial charge >= 0.3 is 17.9 Å². The maximum atomic E-state index is 12.4. The molecule has 0 bridgehead atoms. The predicted octanol–water partition coefficient (Wildman–Crippen LogP) is 5.62. The van der Waals surface area contributed by atoms with Crippen LogP contribution in [-0.2, 0) is 28.6 Å². The summed E-state index contributed by atoms with van der Waals surface area (Å²) in [5, 5.41) is 9.48. The van der Waals surface area contributed by atoms with Crippen molar-refractivity contribution in [1.82, 2.24) is 0 Å². The molecule has 0 spiro atoms. The van der Waals surface area contributed by atoms with Crippen LogP contribution in [0.5, 0.6) is 0 Å². The number of allylic oxidation sites excluding steroid dienone is 6. The van der Waals surface area contributed by atoms with E-state index in [1.807, 2.05) is 39.4 Å². The number of nitrogens with zero attached hydrogens (tertiary/aromatic N) is 1. The molecule has 0 aromatic rings. The largest absolute Gasteiger partial charge is 0.477 e. The van der Waals surface area contributed by atoms with Gasteiger partial charge in [-0.2, -0.15) is 0 Å². The van der Waals surface area contributed by atoms with E-state index in [0.29, 0.717) is 19.3 Å². The number of unbranched alkanes of at least 4 members (excludes halogenated alkanes) is 3. The van der Waals surface area contributed by atoms with Gasteiger partial charge in [-0.1, -0.05) is 63.1 Å². The van der Waals surface area contributed by atoms with E-state index in [-0.39, 0.29) is 49.1 Å². The third-order valence-corrected chi connectivity index (χ3v) is 5.80. The molecule has 0 saturated carbocycles. The SMILES string of the molecule is CC/C=C/C/C=C/CCC(=O)OCC(COCCC(C(=O)O)[N+](C)(C)C)OC(=O)CC/C=C/CCCCC. The van der Waals surface area contributed by atoms with Crippen molar-refractivity contribution in [2.75, 3.05) is 41.0 Å². The molecule has 2 unspecified atom stereocenters. The zero-order valence-corrected chi connectivity index (χ0v) is 24.4. The first-order valence-corrected chi connectivity index (χ1v) is 14.0. The second-order valence-electron chi connectivity index (χ2n) is 10.3. The van der Waals surface area contributed by atoms with Gasteiger partial charge in [-0.15, -0.1) is 0 Å². The van der Waals surface area contributed by atoms with Crippen molar-refractivity contribution < 1.29 is 38.2 Å². The van der Waals surface area contributed by atoms with Gasteiger partial charge in [-0.25, -0.2) is 4.79 Å². The molecule has 0 aromatic carbocycles. The lowest BCUT2D eigenvalue weighted by molar-refractivity contribution is -0.887. The molecule has 0 amide bonds. The number of rotatable bonds is 23. The second kappa shape index (κ2) is 22.5. The summed E-state index contributed by atoms with van der Waals surface area (Å²) in [6.45, 7) is 4.36. The van der Waals surface area contributed by atoms with E-state index in [1.165, 1.54) is 12.8 Å². The highest BCUT2D eigenvalue weighted by atomic mass is 16.6. The normalized spacial score (nSPS) is 13.8. The van der Waals surface area contributed by atoms with Crippen molar-refractivity contribution in [1.29, 1.82) is 0 Å². The van der Waals surface area contributed by atoms with Crippen LogP contribution in [-0.4, -0.2) is 80.6 Å². The Morgan fingerprint density at radius 1 is 0.816 bits per heavy atom. The summed E-state index contributed by atoms with van der Waals surface area (Å²) < 4.78 is 16.8. The molecule has 218 valence electrons. The third-order valence-electron chi connectivity index (χ3n) is 5.80. The molecule has 8 heteroatoms. The fraction of sp³-hybridized carbons (Fsp3) is 0.700. The number of hydrogen-bond donors (Lipinski definition) is 1. The van der Waals surface area contributed by atoms with E-state index in [4.69, 9.17) is 14.2 Å². The fourth-order valence-electron chi connectivity index (χ4n) is 3.58. The summed E-state index contributed by atoms with van der Waals surface area (Å²) in [7, 11) is 5.45. The summed E-state index contributed by atoms with van der Waals surface area (Å²) in [5.74, 6) is -1.65. The molecule has 0 aliphatic rings. The smallest absolute Gasteiger partial charge is 0.362 e. The molecule has 1 N–H and O–H groups in total. The Morgan fingerprint density at radius 3 is 2.08 bits per heavy atom. The van der Waals surface area contributed by atoms with Crippen LogP contribution in [0.1, 0.15) is 84.5 Å². The number of ether oxygens (including phenoxy) is 3. The molecule has 38 heavy (non-hydrogen) atoms. The van der Waals surface area contributed by atoms with Crippen LogP contribution in [0.25, 0.3) is 0 Å². The van der Waals surface area contributed by atoms with E-state index < -0.39 is 18.1 Å². The van der Waals surface area contributed by atoms with Crippen LogP contribution in [0.4, 0.5) is 0 Å². The number of esters is 2. The van der Waals surface area contributed by atoms with E-state index in [9.17, 15) is 19.5 Å². The minimum Gasteiger partial charge on any atom is -0.477 e. The van der Waals surface area contributed by atoms with Gasteiger partial charge in [0.15, 0.2) is 12.1 Å². The number of carbonyl (C=O) groups excluding carboxylic acids is 2. The van der Waals surface area contributed by atoms with Gasteiger partial charge < -0.3 is 23.8 Å². The average Bonchev–Trinajstić information content (AvgIpc) is 2.84. The van der Waals surface area contributed by atoms with Crippen LogP contribution in [0.15, 0.2) is 36.5 Å². The summed E-state index contributed by atoms with van der Waals surface area (Å²) in [4.78, 5) is 36.1. The van der Waals surface area contributed by atoms with Crippen molar-refractivity contribution in [3.8, 4) is 0 Å². The number of carboxylic acid groups (broad SMARTS) is 1. The number of aliphatic carboxylic acids is 1. The highest BCUT2D eigenvalue weighted by Gasteiger charge is 2.31. The lowest BCUT2D eigenvalue weighted by Crippen LogP contribution is -2.50. The Labute approximate surface area is 230 Å². The number of likely N-dealkylation sites (N-methyl/N-ethyl adjacent to an activating group) is 1. The molecule has 0 aliphatic heterocycles. The van der Waals surface area contributed by atoms with Crippen LogP contribution < -0.4 is 0 Å². The zero-order valence-electron chi connectivity index (χ0n) is 24.4. The first-order valence-electron chi connectivity index (χ1n) is 14.0. The molecule has 2 atom stereocenters. The predicted molar refractivity (Wildman–Crippen MR) is 151 cm³/mol. The number of carboxylic acids is 1. The van der Waals surface area contributed by atoms with Crippen LogP contribution >= 0.6 is 0 Å².